The van der Waals surface area contributed by atoms with Crippen LogP contribution in [0.2, 0.25) is 0 Å². The number of hydrogen-bond acceptors (Lipinski definition) is 5. The number of nitrogens with zero attached hydrogens (tertiary/aromatic N) is 1. The zero-order chi connectivity index (χ0) is 23.4. The van der Waals surface area contributed by atoms with Crippen molar-refractivity contribution >= 4 is 23.6 Å². The molecule has 2 saturated carbocycles. The topological polar surface area (TPSA) is 80.8 Å². The van der Waals surface area contributed by atoms with Gasteiger partial charge < -0.3 is 4.74 Å². The molecular weight excluding hydrogens is 430 g/mol. The van der Waals surface area contributed by atoms with Crippen molar-refractivity contribution in [3.05, 3.63) is 83.9 Å². The first-order valence-electron chi connectivity index (χ1n) is 11.9. The highest BCUT2D eigenvalue weighted by Gasteiger charge is 2.68. The number of imide groups is 1. The van der Waals surface area contributed by atoms with Gasteiger partial charge in [0.15, 0.2) is 12.4 Å². The van der Waals surface area contributed by atoms with E-state index in [1.54, 1.807) is 30.3 Å². The second kappa shape index (κ2) is 8.05. The molecule has 0 unspecified atom stereocenters. The molecule has 1 heterocycles. The summed E-state index contributed by atoms with van der Waals surface area (Å²) in [6.45, 7) is -0.436. The minimum absolute atomic E-state index is 0.0782. The van der Waals surface area contributed by atoms with Crippen molar-refractivity contribution in [1.82, 2.24) is 4.90 Å². The predicted octanol–water partition coefficient (Wildman–Crippen LogP) is 3.08. The fraction of sp³-hybridized carbons (Fsp3) is 0.357. The maximum absolute atomic E-state index is 13.6. The lowest BCUT2D eigenvalue weighted by Gasteiger charge is -2.37. The fourth-order valence-corrected chi connectivity index (χ4v) is 6.34. The summed E-state index contributed by atoms with van der Waals surface area (Å²) < 4.78 is 5.40. The maximum atomic E-state index is 13.6. The van der Waals surface area contributed by atoms with Crippen molar-refractivity contribution in [1.29, 1.82) is 0 Å². The number of carbonyl (C=O) groups is 4. The van der Waals surface area contributed by atoms with Crippen molar-refractivity contribution in [2.24, 2.45) is 35.5 Å². The number of benzene rings is 2. The van der Waals surface area contributed by atoms with E-state index in [1.807, 2.05) is 30.3 Å². The number of amides is 2. The number of ketones is 1. The molecule has 0 N–H and O–H groups in total. The van der Waals surface area contributed by atoms with Crippen molar-refractivity contribution in [2.45, 2.75) is 18.9 Å². The van der Waals surface area contributed by atoms with E-state index in [0.29, 0.717) is 17.4 Å². The lowest BCUT2D eigenvalue weighted by atomic mass is 9.63. The Balaban J connectivity index is 1.26. The van der Waals surface area contributed by atoms with Gasteiger partial charge in [-0.1, -0.05) is 72.8 Å². The SMILES string of the molecule is O=C(COC(=O)[C@H](Cc1ccccc1)N1C(=O)[C@@H]2[C@H]3C=C[C@@H]([C@@H]4C[C@@H]34)[C@@H]2C1=O)c1ccccc1. The summed E-state index contributed by atoms with van der Waals surface area (Å²) in [7, 11) is 0. The Labute approximate surface area is 197 Å². The summed E-state index contributed by atoms with van der Waals surface area (Å²) in [5.74, 6) is -1.25. The first-order chi connectivity index (χ1) is 16.5. The maximum Gasteiger partial charge on any atom is 0.330 e. The molecule has 5 aliphatic rings. The molecule has 1 saturated heterocycles. The van der Waals surface area contributed by atoms with E-state index in [9.17, 15) is 19.2 Å². The van der Waals surface area contributed by atoms with Crippen LogP contribution in [0.1, 0.15) is 22.3 Å². The lowest BCUT2D eigenvalue weighted by Crippen LogP contribution is -2.48. The van der Waals surface area contributed by atoms with Gasteiger partial charge in [-0.2, -0.15) is 0 Å². The van der Waals surface area contributed by atoms with Crippen molar-refractivity contribution < 1.29 is 23.9 Å². The van der Waals surface area contributed by atoms with Gasteiger partial charge in [-0.3, -0.25) is 19.3 Å². The summed E-state index contributed by atoms with van der Waals surface area (Å²) in [6, 6.07) is 16.8. The van der Waals surface area contributed by atoms with Crippen LogP contribution in [0, 0.1) is 35.5 Å². The first-order valence-corrected chi connectivity index (χ1v) is 11.9. The summed E-state index contributed by atoms with van der Waals surface area (Å²) in [6.07, 6.45) is 5.45. The van der Waals surface area contributed by atoms with Crippen molar-refractivity contribution in [2.75, 3.05) is 6.61 Å². The van der Waals surface area contributed by atoms with Gasteiger partial charge in [-0.05, 0) is 35.7 Å². The second-order valence-electron chi connectivity index (χ2n) is 9.80. The highest BCUT2D eigenvalue weighted by atomic mass is 16.5. The van der Waals surface area contributed by atoms with Crippen molar-refractivity contribution in [3.8, 4) is 0 Å². The van der Waals surface area contributed by atoms with Gasteiger partial charge >= 0.3 is 5.97 Å². The number of ether oxygens (including phenoxy) is 1. The molecule has 2 amide bonds. The Morgan fingerprint density at radius 3 is 2.00 bits per heavy atom. The monoisotopic (exact) mass is 455 g/mol. The third-order valence-corrected chi connectivity index (χ3v) is 7.99. The van der Waals surface area contributed by atoms with Crippen LogP contribution < -0.4 is 0 Å². The zero-order valence-corrected chi connectivity index (χ0v) is 18.6. The van der Waals surface area contributed by atoms with Crippen LogP contribution in [-0.4, -0.2) is 41.1 Å². The molecular formula is C28H25NO5. The van der Waals surface area contributed by atoms with Crippen LogP contribution in [0.5, 0.6) is 0 Å². The third-order valence-electron chi connectivity index (χ3n) is 7.99. The number of hydrogen-bond donors (Lipinski definition) is 0. The normalized spacial score (nSPS) is 31.1. The van der Waals surface area contributed by atoms with E-state index in [4.69, 9.17) is 4.74 Å². The van der Waals surface area contributed by atoms with Crippen LogP contribution in [0.4, 0.5) is 0 Å². The molecule has 0 radical (unpaired) electrons. The Kier molecular flexibility index (Phi) is 4.97. The highest BCUT2D eigenvalue weighted by molar-refractivity contribution is 6.09. The van der Waals surface area contributed by atoms with E-state index >= 15 is 0 Å². The fourth-order valence-electron chi connectivity index (χ4n) is 6.34. The second-order valence-corrected chi connectivity index (χ2v) is 9.80. The standard InChI is InChI=1S/C28H25NO5/c30-23(17-9-5-2-6-10-17)15-34-28(33)22(13-16-7-3-1-4-8-16)29-26(31)24-18-11-12-19(21-14-20(18)21)25(24)27(29)32/h1-12,18-22,24-25H,13-15H2/t18-,19-,20-,21-,22-,24-,25+/m0/s1. The first kappa shape index (κ1) is 21.0. The van der Waals surface area contributed by atoms with Gasteiger partial charge in [0.1, 0.15) is 6.04 Å². The predicted molar refractivity (Wildman–Crippen MR) is 122 cm³/mol. The molecule has 1 aliphatic heterocycles. The average molecular weight is 456 g/mol. The lowest BCUT2D eigenvalue weighted by molar-refractivity contribution is -0.158. The van der Waals surface area contributed by atoms with Crippen molar-refractivity contribution in [3.63, 3.8) is 0 Å². The van der Waals surface area contributed by atoms with Crippen LogP contribution in [0.15, 0.2) is 72.8 Å². The van der Waals surface area contributed by atoms with E-state index < -0.39 is 18.6 Å². The van der Waals surface area contributed by atoms with E-state index in [0.717, 1.165) is 16.9 Å². The van der Waals surface area contributed by atoms with Gasteiger partial charge in [-0.15, -0.1) is 0 Å². The molecule has 2 aromatic carbocycles. The Morgan fingerprint density at radius 1 is 0.853 bits per heavy atom. The summed E-state index contributed by atoms with van der Waals surface area (Å²) >= 11 is 0. The van der Waals surface area contributed by atoms with Gasteiger partial charge in [-0.25, -0.2) is 4.79 Å². The van der Waals surface area contributed by atoms with Crippen LogP contribution >= 0.6 is 0 Å². The largest absolute Gasteiger partial charge is 0.456 e. The molecule has 0 spiro atoms. The van der Waals surface area contributed by atoms with Gasteiger partial charge in [0.2, 0.25) is 11.8 Å². The molecule has 4 aliphatic carbocycles. The highest BCUT2D eigenvalue weighted by Crippen LogP contribution is 2.65. The number of likely N-dealkylation sites (tertiary alicyclic amines) is 1. The average Bonchev–Trinajstić information content (AvgIpc) is 3.65. The molecule has 6 heteroatoms. The number of rotatable bonds is 7. The van der Waals surface area contributed by atoms with Gasteiger partial charge in [0.05, 0.1) is 11.8 Å². The molecule has 34 heavy (non-hydrogen) atoms. The Morgan fingerprint density at radius 2 is 1.41 bits per heavy atom. The Hall–Kier alpha value is -3.54. The summed E-state index contributed by atoms with van der Waals surface area (Å²) in [4.78, 5) is 54.1. The molecule has 0 aromatic heterocycles. The molecule has 3 fully saturated rings. The van der Waals surface area contributed by atoms with Crippen LogP contribution in [-0.2, 0) is 25.5 Å². The van der Waals surface area contributed by atoms with E-state index in [-0.39, 0.29) is 47.7 Å². The minimum Gasteiger partial charge on any atom is -0.456 e. The molecule has 6 nitrogen and oxygen atoms in total. The molecule has 7 rings (SSSR count). The smallest absolute Gasteiger partial charge is 0.330 e. The van der Waals surface area contributed by atoms with E-state index in [1.165, 1.54) is 0 Å². The minimum atomic E-state index is -1.09. The van der Waals surface area contributed by atoms with Gasteiger partial charge in [0.25, 0.3) is 0 Å². The number of carbonyl (C=O) groups excluding carboxylic acids is 4. The van der Waals surface area contributed by atoms with E-state index in [2.05, 4.69) is 12.2 Å². The molecule has 172 valence electrons. The quantitative estimate of drug-likeness (QED) is 0.277. The van der Waals surface area contributed by atoms with Gasteiger partial charge in [0, 0.05) is 12.0 Å². The van der Waals surface area contributed by atoms with Crippen LogP contribution in [0.3, 0.4) is 0 Å². The molecule has 7 atom stereocenters. The summed E-state index contributed by atoms with van der Waals surface area (Å²) in [5.41, 5.74) is 1.26. The zero-order valence-electron chi connectivity index (χ0n) is 18.6. The third kappa shape index (κ3) is 3.31. The number of Topliss-reactive ketones (excluding diaryl/α,β-unsaturated/α-hetero) is 1. The molecule has 2 bridgehead atoms. The summed E-state index contributed by atoms with van der Waals surface area (Å²) in [5, 5.41) is 0. The number of allylic oxidation sites excluding steroid dienone is 2. The van der Waals surface area contributed by atoms with Crippen LogP contribution in [0.25, 0.3) is 0 Å². The number of esters is 1. The molecule has 2 aromatic rings. The Bertz CT molecular complexity index is 1150.